The quantitative estimate of drug-likeness (QED) is 0.599. The molecule has 0 bridgehead atoms. The third-order valence-electron chi connectivity index (χ3n) is 5.07. The molecule has 2 aromatic rings. The third-order valence-corrected chi connectivity index (χ3v) is 6.79. The van der Waals surface area contributed by atoms with E-state index in [9.17, 15) is 13.2 Å². The van der Waals surface area contributed by atoms with E-state index in [0.717, 1.165) is 11.3 Å². The molecule has 0 aliphatic carbocycles. The molecule has 3 rings (SSSR count). The minimum atomic E-state index is -3.21. The summed E-state index contributed by atoms with van der Waals surface area (Å²) < 4.78 is 23.5. The number of nitrogens with zero attached hydrogens (tertiary/aromatic N) is 3. The standard InChI is InChI=1S/C21H27Cl2N5O3S/c1-13(2)25-20-24-11-15-6-8-28(12-19(15)26-20)21(29)27-18(7-9-32(3,30)31)14-4-5-16(22)17(23)10-14/h4-5,10-11,13,18H,6-9,12H2,1-3H3,(H,27,29)(H,24,25,26)/t18-/m1/s1. The van der Waals surface area contributed by atoms with Gasteiger partial charge in [-0.2, -0.15) is 0 Å². The van der Waals surface area contributed by atoms with Gasteiger partial charge in [0.1, 0.15) is 9.84 Å². The van der Waals surface area contributed by atoms with Gasteiger partial charge in [0.05, 0.1) is 34.1 Å². The number of anilines is 1. The number of nitrogens with one attached hydrogen (secondary N) is 2. The second-order valence-electron chi connectivity index (χ2n) is 8.23. The number of halogens is 2. The monoisotopic (exact) mass is 499 g/mol. The van der Waals surface area contributed by atoms with Crippen LogP contribution in [0.3, 0.4) is 0 Å². The van der Waals surface area contributed by atoms with E-state index in [-0.39, 0.29) is 24.2 Å². The van der Waals surface area contributed by atoms with Gasteiger partial charge in [0.15, 0.2) is 0 Å². The normalized spacial score (nSPS) is 14.8. The van der Waals surface area contributed by atoms with Gasteiger partial charge in [-0.3, -0.25) is 0 Å². The summed E-state index contributed by atoms with van der Waals surface area (Å²) in [6.07, 6.45) is 3.83. The van der Waals surface area contributed by atoms with E-state index >= 15 is 0 Å². The average molecular weight is 500 g/mol. The Labute approximate surface area is 198 Å². The van der Waals surface area contributed by atoms with Crippen LogP contribution in [0.5, 0.6) is 0 Å². The first-order valence-corrected chi connectivity index (χ1v) is 13.1. The molecule has 2 amide bonds. The molecular formula is C21H27Cl2N5O3S. The maximum absolute atomic E-state index is 13.1. The Balaban J connectivity index is 1.76. The second-order valence-corrected chi connectivity index (χ2v) is 11.3. The molecule has 2 N–H and O–H groups in total. The molecule has 0 unspecified atom stereocenters. The zero-order chi connectivity index (χ0) is 23.5. The Hall–Kier alpha value is -2.10. The number of rotatable bonds is 7. The molecule has 0 fully saturated rings. The van der Waals surface area contributed by atoms with Crippen LogP contribution >= 0.6 is 23.2 Å². The number of hydrogen-bond donors (Lipinski definition) is 2. The minimum absolute atomic E-state index is 0.0710. The summed E-state index contributed by atoms with van der Waals surface area (Å²) in [7, 11) is -3.21. The first kappa shape index (κ1) is 24.5. The molecule has 8 nitrogen and oxygen atoms in total. The number of sulfone groups is 1. The van der Waals surface area contributed by atoms with Crippen molar-refractivity contribution in [2.45, 2.75) is 45.3 Å². The van der Waals surface area contributed by atoms with Crippen LogP contribution in [-0.2, 0) is 22.8 Å². The van der Waals surface area contributed by atoms with Crippen LogP contribution < -0.4 is 10.6 Å². The fourth-order valence-electron chi connectivity index (χ4n) is 3.43. The fraction of sp³-hybridized carbons (Fsp3) is 0.476. The summed E-state index contributed by atoms with van der Waals surface area (Å²) in [4.78, 5) is 23.6. The lowest BCUT2D eigenvalue weighted by atomic mass is 10.0. The SMILES string of the molecule is CC(C)Nc1ncc2c(n1)CN(C(=O)N[C@H](CCS(C)(=O)=O)c1ccc(Cl)c(Cl)c1)CC2. The molecule has 0 saturated heterocycles. The maximum Gasteiger partial charge on any atom is 0.318 e. The zero-order valence-electron chi connectivity index (χ0n) is 18.2. The second kappa shape index (κ2) is 10.2. The first-order valence-electron chi connectivity index (χ1n) is 10.3. The molecule has 2 heterocycles. The summed E-state index contributed by atoms with van der Waals surface area (Å²) in [5, 5.41) is 6.87. The van der Waals surface area contributed by atoms with Gasteiger partial charge in [0, 0.05) is 25.0 Å². The molecule has 1 aliphatic rings. The number of fused-ring (bicyclic) bond motifs is 1. The van der Waals surface area contributed by atoms with E-state index in [1.807, 2.05) is 13.8 Å². The Bertz CT molecular complexity index is 1090. The summed E-state index contributed by atoms with van der Waals surface area (Å²) >= 11 is 12.2. The van der Waals surface area contributed by atoms with Crippen LogP contribution in [0.25, 0.3) is 0 Å². The topological polar surface area (TPSA) is 104 Å². The van der Waals surface area contributed by atoms with Gasteiger partial charge >= 0.3 is 6.03 Å². The van der Waals surface area contributed by atoms with Gasteiger partial charge < -0.3 is 15.5 Å². The Morgan fingerprint density at radius 2 is 2.00 bits per heavy atom. The van der Waals surface area contributed by atoms with Crippen molar-refractivity contribution in [1.82, 2.24) is 20.2 Å². The lowest BCUT2D eigenvalue weighted by Crippen LogP contribution is -2.44. The molecule has 1 aliphatic heterocycles. The summed E-state index contributed by atoms with van der Waals surface area (Å²) in [6, 6.07) is 4.40. The van der Waals surface area contributed by atoms with Crippen LogP contribution in [0.2, 0.25) is 10.0 Å². The predicted molar refractivity (Wildman–Crippen MR) is 127 cm³/mol. The fourth-order valence-corrected chi connectivity index (χ4v) is 4.40. The molecule has 174 valence electrons. The lowest BCUT2D eigenvalue weighted by Gasteiger charge is -2.30. The van der Waals surface area contributed by atoms with Crippen molar-refractivity contribution >= 4 is 45.0 Å². The molecule has 0 saturated carbocycles. The van der Waals surface area contributed by atoms with Crippen molar-refractivity contribution < 1.29 is 13.2 Å². The number of hydrogen-bond acceptors (Lipinski definition) is 6. The largest absolute Gasteiger partial charge is 0.352 e. The van der Waals surface area contributed by atoms with E-state index < -0.39 is 15.9 Å². The van der Waals surface area contributed by atoms with Crippen molar-refractivity contribution in [3.05, 3.63) is 51.3 Å². The minimum Gasteiger partial charge on any atom is -0.352 e. The van der Waals surface area contributed by atoms with Crippen molar-refractivity contribution in [1.29, 1.82) is 0 Å². The number of carbonyl (C=O) groups excluding carboxylic acids is 1. The van der Waals surface area contributed by atoms with Crippen LogP contribution in [-0.4, -0.2) is 53.9 Å². The predicted octanol–water partition coefficient (Wildman–Crippen LogP) is 3.85. The van der Waals surface area contributed by atoms with Crippen LogP contribution in [0.15, 0.2) is 24.4 Å². The number of aromatic nitrogens is 2. The third kappa shape index (κ3) is 6.70. The molecule has 0 radical (unpaired) electrons. The van der Waals surface area contributed by atoms with E-state index in [1.54, 1.807) is 29.3 Å². The van der Waals surface area contributed by atoms with E-state index in [2.05, 4.69) is 20.6 Å². The number of urea groups is 1. The van der Waals surface area contributed by atoms with Crippen molar-refractivity contribution in [3.63, 3.8) is 0 Å². The Morgan fingerprint density at radius 3 is 2.66 bits per heavy atom. The highest BCUT2D eigenvalue weighted by molar-refractivity contribution is 7.90. The maximum atomic E-state index is 13.1. The highest BCUT2D eigenvalue weighted by Crippen LogP contribution is 2.28. The summed E-state index contributed by atoms with van der Waals surface area (Å²) in [5.74, 6) is 0.459. The highest BCUT2D eigenvalue weighted by atomic mass is 35.5. The van der Waals surface area contributed by atoms with Crippen molar-refractivity contribution in [3.8, 4) is 0 Å². The lowest BCUT2D eigenvalue weighted by molar-refractivity contribution is 0.187. The Kier molecular flexibility index (Phi) is 7.84. The molecular weight excluding hydrogens is 473 g/mol. The van der Waals surface area contributed by atoms with Crippen LogP contribution in [0.4, 0.5) is 10.7 Å². The van der Waals surface area contributed by atoms with Gasteiger partial charge in [0.2, 0.25) is 5.95 Å². The first-order chi connectivity index (χ1) is 15.0. The van der Waals surface area contributed by atoms with E-state index in [1.165, 1.54) is 6.26 Å². The zero-order valence-corrected chi connectivity index (χ0v) is 20.6. The number of benzene rings is 1. The average Bonchev–Trinajstić information content (AvgIpc) is 2.71. The van der Waals surface area contributed by atoms with Crippen LogP contribution in [0.1, 0.15) is 43.1 Å². The van der Waals surface area contributed by atoms with Crippen LogP contribution in [0, 0.1) is 0 Å². The van der Waals surface area contributed by atoms with Crippen molar-refractivity contribution in [2.75, 3.05) is 23.9 Å². The molecule has 32 heavy (non-hydrogen) atoms. The Morgan fingerprint density at radius 1 is 1.25 bits per heavy atom. The molecule has 1 atom stereocenters. The van der Waals surface area contributed by atoms with Gasteiger partial charge in [-0.15, -0.1) is 0 Å². The van der Waals surface area contributed by atoms with E-state index in [0.29, 0.717) is 41.1 Å². The molecule has 1 aromatic carbocycles. The van der Waals surface area contributed by atoms with Gasteiger partial charge in [-0.25, -0.2) is 23.2 Å². The number of amides is 2. The van der Waals surface area contributed by atoms with Gasteiger partial charge in [-0.1, -0.05) is 29.3 Å². The van der Waals surface area contributed by atoms with Crippen molar-refractivity contribution in [2.24, 2.45) is 0 Å². The summed E-state index contributed by atoms with van der Waals surface area (Å²) in [5.41, 5.74) is 2.51. The van der Waals surface area contributed by atoms with Gasteiger partial charge in [-0.05, 0) is 49.9 Å². The molecule has 0 spiro atoms. The highest BCUT2D eigenvalue weighted by Gasteiger charge is 2.26. The summed E-state index contributed by atoms with van der Waals surface area (Å²) in [6.45, 7) is 4.86. The van der Waals surface area contributed by atoms with E-state index in [4.69, 9.17) is 23.2 Å². The van der Waals surface area contributed by atoms with Gasteiger partial charge in [0.25, 0.3) is 0 Å². The molecule has 11 heteroatoms. The smallest absolute Gasteiger partial charge is 0.318 e. The number of carbonyl (C=O) groups is 1. The molecule has 1 aromatic heterocycles.